The van der Waals surface area contributed by atoms with E-state index in [1.54, 1.807) is 0 Å². The molecule has 15 heavy (non-hydrogen) atoms. The van der Waals surface area contributed by atoms with Crippen molar-refractivity contribution in [2.24, 2.45) is 5.92 Å². The Balaban J connectivity index is 4.62. The second kappa shape index (κ2) is 5.72. The van der Waals surface area contributed by atoms with E-state index in [4.69, 9.17) is 5.26 Å². The van der Waals surface area contributed by atoms with E-state index in [2.05, 4.69) is 4.89 Å². The zero-order valence-electron chi connectivity index (χ0n) is 9.15. The molecule has 0 radical (unpaired) electrons. The molecular formula is C10H16O5. The predicted molar refractivity (Wildman–Crippen MR) is 52.3 cm³/mol. The first-order valence-electron chi connectivity index (χ1n) is 4.63. The van der Waals surface area contributed by atoms with E-state index in [9.17, 15) is 14.4 Å². The van der Waals surface area contributed by atoms with Gasteiger partial charge in [-0.05, 0) is 20.8 Å². The third kappa shape index (κ3) is 4.31. The van der Waals surface area contributed by atoms with Crippen LogP contribution in [0.2, 0.25) is 0 Å². The number of carbonyl (C=O) groups is 3. The molecule has 0 aromatic carbocycles. The summed E-state index contributed by atoms with van der Waals surface area (Å²) in [5.74, 6) is -1.33. The highest BCUT2D eigenvalue weighted by atomic mass is 17.1. The molecule has 0 aliphatic heterocycles. The van der Waals surface area contributed by atoms with Crippen LogP contribution >= 0.6 is 0 Å². The summed E-state index contributed by atoms with van der Waals surface area (Å²) >= 11 is 0. The number of hydrogen-bond acceptors (Lipinski definition) is 5. The van der Waals surface area contributed by atoms with E-state index in [1.165, 1.54) is 20.8 Å². The van der Waals surface area contributed by atoms with Crippen LogP contribution in [0.3, 0.4) is 0 Å². The third-order valence-electron chi connectivity index (χ3n) is 2.31. The van der Waals surface area contributed by atoms with Crippen molar-refractivity contribution in [3.05, 3.63) is 0 Å². The topological polar surface area (TPSA) is 80.7 Å². The van der Waals surface area contributed by atoms with Crippen LogP contribution in [0.15, 0.2) is 0 Å². The van der Waals surface area contributed by atoms with Gasteiger partial charge in [0.15, 0.2) is 0 Å². The van der Waals surface area contributed by atoms with Crippen LogP contribution in [0.4, 0.5) is 0 Å². The Bertz CT molecular complexity index is 257. The molecule has 5 nitrogen and oxygen atoms in total. The van der Waals surface area contributed by atoms with E-state index in [-0.39, 0.29) is 24.4 Å². The summed E-state index contributed by atoms with van der Waals surface area (Å²) in [5.41, 5.74) is -1.12. The van der Waals surface area contributed by atoms with Crippen molar-refractivity contribution in [1.29, 1.82) is 0 Å². The fourth-order valence-electron chi connectivity index (χ4n) is 1.35. The van der Waals surface area contributed by atoms with Crippen LogP contribution < -0.4 is 0 Å². The van der Waals surface area contributed by atoms with E-state index in [0.29, 0.717) is 6.29 Å². The molecule has 5 heteroatoms. The Morgan fingerprint density at radius 1 is 1.47 bits per heavy atom. The number of carbonyl (C=O) groups excluding carboxylic acids is 3. The van der Waals surface area contributed by atoms with Crippen molar-refractivity contribution in [2.45, 2.75) is 39.2 Å². The zero-order chi connectivity index (χ0) is 12.1. The quantitative estimate of drug-likeness (QED) is 0.297. The summed E-state index contributed by atoms with van der Waals surface area (Å²) < 4.78 is 0. The van der Waals surface area contributed by atoms with Gasteiger partial charge in [0.2, 0.25) is 0 Å². The molecule has 0 rings (SSSR count). The molecule has 0 aliphatic carbocycles. The van der Waals surface area contributed by atoms with Crippen molar-refractivity contribution in [1.82, 2.24) is 0 Å². The van der Waals surface area contributed by atoms with Gasteiger partial charge in [-0.25, -0.2) is 4.89 Å². The first-order chi connectivity index (χ1) is 6.85. The molecule has 0 fully saturated rings. The molecule has 1 N–H and O–H groups in total. The molecule has 1 atom stereocenters. The molecule has 0 aromatic heterocycles. The van der Waals surface area contributed by atoms with Gasteiger partial charge in [0.05, 0.1) is 12.3 Å². The van der Waals surface area contributed by atoms with Gasteiger partial charge < -0.3 is 4.79 Å². The largest absolute Gasteiger partial charge is 0.303 e. The first-order valence-corrected chi connectivity index (χ1v) is 4.63. The lowest BCUT2D eigenvalue weighted by molar-refractivity contribution is -0.323. The molecule has 0 aromatic rings. The third-order valence-corrected chi connectivity index (χ3v) is 2.31. The van der Waals surface area contributed by atoms with Gasteiger partial charge in [0.25, 0.3) is 0 Å². The summed E-state index contributed by atoms with van der Waals surface area (Å²) in [6, 6.07) is 0. The van der Waals surface area contributed by atoms with Crippen LogP contribution in [-0.2, 0) is 19.3 Å². The van der Waals surface area contributed by atoms with Gasteiger partial charge in [0.1, 0.15) is 23.5 Å². The number of Topliss-reactive ketones (excluding diaryl/α,β-unsaturated/α-hetero) is 2. The summed E-state index contributed by atoms with van der Waals surface area (Å²) in [6.45, 7) is 4.33. The monoisotopic (exact) mass is 216 g/mol. The highest BCUT2D eigenvalue weighted by Crippen LogP contribution is 2.25. The van der Waals surface area contributed by atoms with Gasteiger partial charge in [-0.2, -0.15) is 0 Å². The van der Waals surface area contributed by atoms with Gasteiger partial charge in [-0.3, -0.25) is 14.8 Å². The smallest absolute Gasteiger partial charge is 0.140 e. The maximum atomic E-state index is 11.3. The molecule has 0 spiro atoms. The number of rotatable bonds is 7. The zero-order valence-corrected chi connectivity index (χ0v) is 9.15. The fraction of sp³-hybridized carbons (Fsp3) is 0.700. The van der Waals surface area contributed by atoms with Crippen LogP contribution in [0.1, 0.15) is 33.6 Å². The SMILES string of the molecule is CC(=O)C(CC(=O)CC=O)C(C)(C)OO. The molecule has 0 amide bonds. The lowest BCUT2D eigenvalue weighted by atomic mass is 9.83. The predicted octanol–water partition coefficient (Wildman–Crippen LogP) is 1.01. The van der Waals surface area contributed by atoms with Crippen molar-refractivity contribution < 1.29 is 24.5 Å². The van der Waals surface area contributed by atoms with Crippen molar-refractivity contribution in [3.8, 4) is 0 Å². The molecule has 0 bridgehead atoms. The number of ketones is 2. The second-order valence-electron chi connectivity index (χ2n) is 3.97. The number of aldehydes is 1. The second-order valence-corrected chi connectivity index (χ2v) is 3.97. The minimum Gasteiger partial charge on any atom is -0.303 e. The first kappa shape index (κ1) is 13.9. The van der Waals surface area contributed by atoms with Crippen LogP contribution in [0.5, 0.6) is 0 Å². The highest BCUT2D eigenvalue weighted by Gasteiger charge is 2.35. The van der Waals surface area contributed by atoms with E-state index in [1.807, 2.05) is 0 Å². The lowest BCUT2D eigenvalue weighted by Crippen LogP contribution is -2.39. The minimum atomic E-state index is -1.12. The van der Waals surface area contributed by atoms with Crippen molar-refractivity contribution in [2.75, 3.05) is 0 Å². The summed E-state index contributed by atoms with van der Waals surface area (Å²) in [6.07, 6.45) is 0.180. The van der Waals surface area contributed by atoms with Crippen LogP contribution in [-0.4, -0.2) is 28.7 Å². The minimum absolute atomic E-state index is 0.0956. The number of hydrogen-bond donors (Lipinski definition) is 1. The van der Waals surface area contributed by atoms with Gasteiger partial charge in [0, 0.05) is 6.42 Å². The van der Waals surface area contributed by atoms with E-state index in [0.717, 1.165) is 0 Å². The molecule has 0 heterocycles. The average molecular weight is 216 g/mol. The van der Waals surface area contributed by atoms with Gasteiger partial charge in [-0.1, -0.05) is 0 Å². The lowest BCUT2D eigenvalue weighted by Gasteiger charge is -2.28. The standard InChI is InChI=1S/C10H16O5/c1-7(12)9(10(2,3)15-14)6-8(13)4-5-11/h5,9,14H,4,6H2,1-3H3. The normalized spacial score (nSPS) is 13.3. The Morgan fingerprint density at radius 3 is 2.33 bits per heavy atom. The maximum absolute atomic E-state index is 11.3. The van der Waals surface area contributed by atoms with Crippen LogP contribution in [0, 0.1) is 5.92 Å². The average Bonchev–Trinajstić information content (AvgIpc) is 2.14. The molecule has 1 unspecified atom stereocenters. The van der Waals surface area contributed by atoms with E-state index >= 15 is 0 Å². The Labute approximate surface area is 88.3 Å². The van der Waals surface area contributed by atoms with Crippen LogP contribution in [0.25, 0.3) is 0 Å². The maximum Gasteiger partial charge on any atom is 0.140 e. The summed E-state index contributed by atoms with van der Waals surface area (Å²) in [7, 11) is 0. The molecule has 0 saturated carbocycles. The van der Waals surface area contributed by atoms with Crippen molar-refractivity contribution in [3.63, 3.8) is 0 Å². The highest BCUT2D eigenvalue weighted by molar-refractivity contribution is 5.93. The molecular weight excluding hydrogens is 200 g/mol. The Kier molecular flexibility index (Phi) is 5.32. The van der Waals surface area contributed by atoms with Crippen molar-refractivity contribution >= 4 is 17.9 Å². The van der Waals surface area contributed by atoms with E-state index < -0.39 is 11.5 Å². The summed E-state index contributed by atoms with van der Waals surface area (Å²) in [5, 5.41) is 8.62. The molecule has 0 saturated heterocycles. The Morgan fingerprint density at radius 2 is 2.00 bits per heavy atom. The van der Waals surface area contributed by atoms with Gasteiger partial charge >= 0.3 is 0 Å². The summed E-state index contributed by atoms with van der Waals surface area (Å²) in [4.78, 5) is 36.7. The van der Waals surface area contributed by atoms with Gasteiger partial charge in [-0.15, -0.1) is 0 Å². The molecule has 0 aliphatic rings. The Hall–Kier alpha value is -1.07. The molecule has 86 valence electrons. The fourth-order valence-corrected chi connectivity index (χ4v) is 1.35.